The number of nitrogens with zero attached hydrogens (tertiary/aromatic N) is 1. The maximum absolute atomic E-state index is 12.3. The van der Waals surface area contributed by atoms with Crippen LogP contribution in [-0.4, -0.2) is 24.9 Å². The lowest BCUT2D eigenvalue weighted by molar-refractivity contribution is 0.0934. The van der Waals surface area contributed by atoms with E-state index in [2.05, 4.69) is 12.2 Å². The number of aromatic nitrogens is 1. The number of amides is 1. The zero-order chi connectivity index (χ0) is 14.5. The van der Waals surface area contributed by atoms with Crippen molar-refractivity contribution < 1.29 is 13.2 Å². The van der Waals surface area contributed by atoms with Crippen LogP contribution >= 0.6 is 10.7 Å². The molecule has 1 heterocycles. The smallest absolute Gasteiger partial charge is 0.268 e. The first-order valence-corrected chi connectivity index (χ1v) is 9.14. The minimum Gasteiger partial charge on any atom is -0.348 e. The van der Waals surface area contributed by atoms with E-state index in [4.69, 9.17) is 10.7 Å². The maximum atomic E-state index is 12.3. The Morgan fingerprint density at radius 1 is 1.45 bits per heavy atom. The molecule has 0 radical (unpaired) electrons. The van der Waals surface area contributed by atoms with Crippen molar-refractivity contribution in [3.8, 4) is 0 Å². The molecule has 2 atom stereocenters. The Morgan fingerprint density at radius 3 is 2.55 bits per heavy atom. The molecule has 2 saturated carbocycles. The van der Waals surface area contributed by atoms with Crippen LogP contribution in [0.1, 0.15) is 49.1 Å². The molecule has 0 spiro atoms. The highest BCUT2D eigenvalue weighted by atomic mass is 35.7. The van der Waals surface area contributed by atoms with Gasteiger partial charge in [-0.05, 0) is 37.7 Å². The topological polar surface area (TPSA) is 68.2 Å². The molecule has 1 amide bonds. The Labute approximate surface area is 122 Å². The van der Waals surface area contributed by atoms with Gasteiger partial charge in [0, 0.05) is 29.0 Å². The molecule has 2 fully saturated rings. The van der Waals surface area contributed by atoms with Crippen molar-refractivity contribution in [1.82, 2.24) is 9.88 Å². The first-order chi connectivity index (χ1) is 9.36. The van der Waals surface area contributed by atoms with Gasteiger partial charge in [0.2, 0.25) is 0 Å². The zero-order valence-corrected chi connectivity index (χ0v) is 12.7. The van der Waals surface area contributed by atoms with Gasteiger partial charge in [-0.1, -0.05) is 6.92 Å². The molecule has 0 bridgehead atoms. The minimum absolute atomic E-state index is 0.0000575. The van der Waals surface area contributed by atoms with Gasteiger partial charge in [-0.2, -0.15) is 0 Å². The SMILES string of the molecule is CC1CC1NC(=O)c1cc(S(=O)(=O)Cl)cn1C1CCC1. The molecule has 3 rings (SSSR count). The van der Waals surface area contributed by atoms with Crippen molar-refractivity contribution in [2.75, 3.05) is 0 Å². The molecule has 1 aromatic heterocycles. The van der Waals surface area contributed by atoms with Gasteiger partial charge in [-0.25, -0.2) is 8.42 Å². The Morgan fingerprint density at radius 2 is 2.10 bits per heavy atom. The highest BCUT2D eigenvalue weighted by Gasteiger charge is 2.35. The molecule has 0 aliphatic heterocycles. The second-order valence-corrected chi connectivity index (χ2v) is 8.35. The molecule has 1 N–H and O–H groups in total. The molecule has 0 saturated heterocycles. The second-order valence-electron chi connectivity index (χ2n) is 5.78. The van der Waals surface area contributed by atoms with E-state index in [0.717, 1.165) is 25.7 Å². The van der Waals surface area contributed by atoms with Gasteiger partial charge in [-0.15, -0.1) is 0 Å². The van der Waals surface area contributed by atoms with E-state index in [1.54, 1.807) is 4.57 Å². The van der Waals surface area contributed by atoms with Crippen LogP contribution in [0.4, 0.5) is 0 Å². The summed E-state index contributed by atoms with van der Waals surface area (Å²) in [5.41, 5.74) is 0.396. The molecule has 2 aliphatic rings. The molecular weight excluding hydrogens is 300 g/mol. The van der Waals surface area contributed by atoms with Crippen molar-refractivity contribution in [3.63, 3.8) is 0 Å². The van der Waals surface area contributed by atoms with Crippen LogP contribution in [0.3, 0.4) is 0 Å². The summed E-state index contributed by atoms with van der Waals surface area (Å²) in [6, 6.07) is 1.80. The van der Waals surface area contributed by atoms with Crippen LogP contribution in [0.2, 0.25) is 0 Å². The Balaban J connectivity index is 1.90. The number of carbonyl (C=O) groups excluding carboxylic acids is 1. The Hall–Kier alpha value is -1.01. The summed E-state index contributed by atoms with van der Waals surface area (Å²) in [4.78, 5) is 12.3. The van der Waals surface area contributed by atoms with Gasteiger partial charge in [0.15, 0.2) is 0 Å². The zero-order valence-electron chi connectivity index (χ0n) is 11.2. The highest BCUT2D eigenvalue weighted by Crippen LogP contribution is 2.35. The summed E-state index contributed by atoms with van der Waals surface area (Å²) in [6.45, 7) is 2.07. The summed E-state index contributed by atoms with van der Waals surface area (Å²) in [6.07, 6.45) is 5.51. The van der Waals surface area contributed by atoms with Crippen LogP contribution in [0.25, 0.3) is 0 Å². The van der Waals surface area contributed by atoms with E-state index in [1.807, 2.05) is 0 Å². The largest absolute Gasteiger partial charge is 0.348 e. The number of hydrogen-bond donors (Lipinski definition) is 1. The van der Waals surface area contributed by atoms with E-state index in [0.29, 0.717) is 11.6 Å². The van der Waals surface area contributed by atoms with Crippen molar-refractivity contribution >= 4 is 25.6 Å². The highest BCUT2D eigenvalue weighted by molar-refractivity contribution is 8.13. The molecule has 110 valence electrons. The van der Waals surface area contributed by atoms with E-state index in [1.165, 1.54) is 12.3 Å². The third-order valence-electron chi connectivity index (χ3n) is 4.23. The van der Waals surface area contributed by atoms with Crippen molar-refractivity contribution in [1.29, 1.82) is 0 Å². The van der Waals surface area contributed by atoms with Crippen molar-refractivity contribution in [3.05, 3.63) is 18.0 Å². The number of carbonyl (C=O) groups is 1. The Kier molecular flexibility index (Phi) is 3.33. The summed E-state index contributed by atoms with van der Waals surface area (Å²) in [5.74, 6) is 0.292. The fourth-order valence-corrected chi connectivity index (χ4v) is 3.25. The van der Waals surface area contributed by atoms with Gasteiger partial charge >= 0.3 is 0 Å². The third kappa shape index (κ3) is 2.59. The number of rotatable bonds is 4. The predicted octanol–water partition coefficient (Wildman–Crippen LogP) is 2.28. The monoisotopic (exact) mass is 316 g/mol. The van der Waals surface area contributed by atoms with Crippen molar-refractivity contribution in [2.24, 2.45) is 5.92 Å². The lowest BCUT2D eigenvalue weighted by Gasteiger charge is -2.28. The van der Waals surface area contributed by atoms with E-state index in [9.17, 15) is 13.2 Å². The first kappa shape index (κ1) is 13.9. The standard InChI is InChI=1S/C13H17ClN2O3S/c1-8-5-11(8)15-13(17)12-6-10(20(14,18)19)7-16(12)9-3-2-4-9/h6-9,11H,2-5H2,1H3,(H,15,17). The molecule has 2 unspecified atom stereocenters. The van der Waals surface area contributed by atoms with E-state index < -0.39 is 9.05 Å². The van der Waals surface area contributed by atoms with Gasteiger partial charge in [0.1, 0.15) is 10.6 Å². The van der Waals surface area contributed by atoms with Crippen LogP contribution < -0.4 is 5.32 Å². The van der Waals surface area contributed by atoms with Gasteiger partial charge in [0.05, 0.1) is 0 Å². The molecule has 5 nitrogen and oxygen atoms in total. The normalized spacial score (nSPS) is 26.1. The Bertz CT molecular complexity index is 649. The average Bonchev–Trinajstić information content (AvgIpc) is 2.79. The summed E-state index contributed by atoms with van der Waals surface area (Å²) in [7, 11) is 1.57. The van der Waals surface area contributed by atoms with Crippen LogP contribution in [0.5, 0.6) is 0 Å². The van der Waals surface area contributed by atoms with Gasteiger partial charge in [-0.3, -0.25) is 4.79 Å². The summed E-state index contributed by atoms with van der Waals surface area (Å²) < 4.78 is 24.7. The molecule has 7 heteroatoms. The number of nitrogens with one attached hydrogen (secondary N) is 1. The molecule has 1 aromatic rings. The summed E-state index contributed by atoms with van der Waals surface area (Å²) in [5, 5.41) is 2.93. The second kappa shape index (κ2) is 4.77. The van der Waals surface area contributed by atoms with E-state index in [-0.39, 0.29) is 22.9 Å². The average molecular weight is 317 g/mol. The maximum Gasteiger partial charge on any atom is 0.268 e. The number of halogens is 1. The van der Waals surface area contributed by atoms with Crippen LogP contribution in [0, 0.1) is 5.92 Å². The molecular formula is C13H17ClN2O3S. The fraction of sp³-hybridized carbons (Fsp3) is 0.615. The summed E-state index contributed by atoms with van der Waals surface area (Å²) >= 11 is 0. The molecule has 0 aromatic carbocycles. The minimum atomic E-state index is -3.81. The molecule has 2 aliphatic carbocycles. The fourth-order valence-electron chi connectivity index (χ4n) is 2.50. The quantitative estimate of drug-likeness (QED) is 0.866. The van der Waals surface area contributed by atoms with Gasteiger partial charge in [0.25, 0.3) is 15.0 Å². The lowest BCUT2D eigenvalue weighted by Crippen LogP contribution is -2.30. The lowest BCUT2D eigenvalue weighted by atomic mass is 9.93. The van der Waals surface area contributed by atoms with Crippen molar-refractivity contribution in [2.45, 2.75) is 49.6 Å². The van der Waals surface area contributed by atoms with Crippen LogP contribution in [-0.2, 0) is 9.05 Å². The predicted molar refractivity (Wildman–Crippen MR) is 75.4 cm³/mol. The van der Waals surface area contributed by atoms with Crippen LogP contribution in [0.15, 0.2) is 17.2 Å². The van der Waals surface area contributed by atoms with E-state index >= 15 is 0 Å². The first-order valence-electron chi connectivity index (χ1n) is 6.83. The molecule has 20 heavy (non-hydrogen) atoms. The third-order valence-corrected chi connectivity index (χ3v) is 5.55. The number of hydrogen-bond acceptors (Lipinski definition) is 3. The van der Waals surface area contributed by atoms with Gasteiger partial charge < -0.3 is 9.88 Å².